The molecule has 21 heavy (non-hydrogen) atoms. The van der Waals surface area contributed by atoms with Crippen LogP contribution in [-0.2, 0) is 9.53 Å². The number of hydrogen-bond acceptors (Lipinski definition) is 6. The van der Waals surface area contributed by atoms with Gasteiger partial charge < -0.3 is 15.2 Å². The fraction of sp³-hybridized carbons (Fsp3) is 0.571. The summed E-state index contributed by atoms with van der Waals surface area (Å²) < 4.78 is 4.60. The van der Waals surface area contributed by atoms with Crippen LogP contribution in [0.5, 0.6) is 0 Å². The van der Waals surface area contributed by atoms with Gasteiger partial charge in [-0.05, 0) is 19.8 Å². The number of nitrogens with one attached hydrogen (secondary N) is 1. The minimum absolute atomic E-state index is 0.0317. The van der Waals surface area contributed by atoms with Gasteiger partial charge in [-0.25, -0.2) is 14.8 Å². The second-order valence-corrected chi connectivity index (χ2v) is 5.36. The Morgan fingerprint density at radius 1 is 1.38 bits per heavy atom. The molecular weight excluding hydrogens is 274 g/mol. The molecule has 1 fully saturated rings. The Morgan fingerprint density at radius 3 is 2.62 bits per heavy atom. The van der Waals surface area contributed by atoms with Crippen molar-refractivity contribution < 1.29 is 19.4 Å². The predicted octanol–water partition coefficient (Wildman–Crippen LogP) is 1.63. The Morgan fingerprint density at radius 2 is 2.05 bits per heavy atom. The van der Waals surface area contributed by atoms with E-state index in [9.17, 15) is 14.7 Å². The van der Waals surface area contributed by atoms with E-state index in [1.807, 2.05) is 0 Å². The standard InChI is InChI=1S/C14H19N3O4/c1-9-7-10(17-11(16-9)12(18)21-2)15-8-14(13(19)20)5-3-4-6-14/h7H,3-6,8H2,1-2H3,(H,19,20)(H,15,16,17). The molecule has 0 spiro atoms. The third kappa shape index (κ3) is 3.29. The van der Waals surface area contributed by atoms with Gasteiger partial charge in [-0.1, -0.05) is 12.8 Å². The molecule has 1 heterocycles. The maximum atomic E-state index is 11.5. The number of esters is 1. The molecule has 0 aromatic carbocycles. The number of carboxylic acid groups (broad SMARTS) is 1. The number of anilines is 1. The van der Waals surface area contributed by atoms with Gasteiger partial charge in [0.2, 0.25) is 5.82 Å². The number of hydrogen-bond donors (Lipinski definition) is 2. The molecule has 0 amide bonds. The molecule has 0 aliphatic heterocycles. The molecule has 2 rings (SSSR count). The van der Waals surface area contributed by atoms with E-state index in [0.717, 1.165) is 12.8 Å². The maximum absolute atomic E-state index is 11.5. The van der Waals surface area contributed by atoms with Crippen LogP contribution in [0.4, 0.5) is 5.82 Å². The first-order valence-corrected chi connectivity index (χ1v) is 6.88. The molecule has 2 N–H and O–H groups in total. The molecule has 0 saturated heterocycles. The van der Waals surface area contributed by atoms with Crippen LogP contribution in [0, 0.1) is 12.3 Å². The smallest absolute Gasteiger partial charge is 0.376 e. The number of ether oxygens (including phenoxy) is 1. The van der Waals surface area contributed by atoms with Crippen molar-refractivity contribution in [3.05, 3.63) is 17.6 Å². The fourth-order valence-electron chi connectivity index (χ4n) is 2.62. The van der Waals surface area contributed by atoms with E-state index in [-0.39, 0.29) is 5.82 Å². The third-order valence-electron chi connectivity index (χ3n) is 3.84. The third-order valence-corrected chi connectivity index (χ3v) is 3.84. The summed E-state index contributed by atoms with van der Waals surface area (Å²) in [6.07, 6.45) is 3.15. The highest BCUT2D eigenvalue weighted by Gasteiger charge is 2.41. The van der Waals surface area contributed by atoms with E-state index in [4.69, 9.17) is 0 Å². The largest absolute Gasteiger partial charge is 0.481 e. The molecule has 1 aromatic rings. The minimum atomic E-state index is -0.786. The number of rotatable bonds is 5. The molecule has 7 nitrogen and oxygen atoms in total. The summed E-state index contributed by atoms with van der Waals surface area (Å²) in [5.41, 5.74) is -0.131. The van der Waals surface area contributed by atoms with Crippen LogP contribution in [0.2, 0.25) is 0 Å². The zero-order valence-electron chi connectivity index (χ0n) is 12.2. The Bertz CT molecular complexity index is 553. The van der Waals surface area contributed by atoms with Crippen molar-refractivity contribution in [2.45, 2.75) is 32.6 Å². The number of carbonyl (C=O) groups excluding carboxylic acids is 1. The lowest BCUT2D eigenvalue weighted by Gasteiger charge is -2.24. The predicted molar refractivity (Wildman–Crippen MR) is 75.1 cm³/mol. The summed E-state index contributed by atoms with van der Waals surface area (Å²) in [4.78, 5) is 31.0. The van der Waals surface area contributed by atoms with Gasteiger partial charge in [0.1, 0.15) is 5.82 Å². The molecule has 0 atom stereocenters. The van der Waals surface area contributed by atoms with Gasteiger partial charge in [-0.15, -0.1) is 0 Å². The van der Waals surface area contributed by atoms with Crippen molar-refractivity contribution >= 4 is 17.8 Å². The number of aromatic nitrogens is 2. The summed E-state index contributed by atoms with van der Waals surface area (Å²) in [6.45, 7) is 2.03. The lowest BCUT2D eigenvalue weighted by Crippen LogP contribution is -2.35. The molecule has 0 radical (unpaired) electrons. The van der Waals surface area contributed by atoms with E-state index in [1.165, 1.54) is 7.11 Å². The van der Waals surface area contributed by atoms with Gasteiger partial charge >= 0.3 is 11.9 Å². The normalized spacial score (nSPS) is 16.5. The SMILES string of the molecule is COC(=O)c1nc(C)cc(NCC2(C(=O)O)CCCC2)n1. The van der Waals surface area contributed by atoms with Crippen LogP contribution in [-0.4, -0.2) is 40.7 Å². The van der Waals surface area contributed by atoms with E-state index in [2.05, 4.69) is 20.0 Å². The lowest BCUT2D eigenvalue weighted by atomic mass is 9.86. The first kappa shape index (κ1) is 15.2. The van der Waals surface area contributed by atoms with Crippen LogP contribution < -0.4 is 5.32 Å². The zero-order chi connectivity index (χ0) is 15.5. The van der Waals surface area contributed by atoms with Crippen molar-refractivity contribution in [1.82, 2.24) is 9.97 Å². The fourth-order valence-corrected chi connectivity index (χ4v) is 2.62. The van der Waals surface area contributed by atoms with E-state index < -0.39 is 17.4 Å². The molecule has 1 aliphatic rings. The monoisotopic (exact) mass is 293 g/mol. The number of nitrogens with zero attached hydrogens (tertiary/aromatic N) is 2. The topological polar surface area (TPSA) is 101 Å². The summed E-state index contributed by atoms with van der Waals surface area (Å²) in [5.74, 6) is -0.992. The average molecular weight is 293 g/mol. The quantitative estimate of drug-likeness (QED) is 0.795. The van der Waals surface area contributed by atoms with Gasteiger partial charge in [0.15, 0.2) is 0 Å². The van der Waals surface area contributed by atoms with Crippen molar-refractivity contribution in [2.75, 3.05) is 19.0 Å². The van der Waals surface area contributed by atoms with Crippen LogP contribution in [0.3, 0.4) is 0 Å². The van der Waals surface area contributed by atoms with Crippen LogP contribution in [0.1, 0.15) is 42.0 Å². The highest BCUT2D eigenvalue weighted by molar-refractivity contribution is 5.85. The number of aliphatic carboxylic acids is 1. The number of methoxy groups -OCH3 is 1. The van der Waals surface area contributed by atoms with Crippen molar-refractivity contribution in [3.8, 4) is 0 Å². The highest BCUT2D eigenvalue weighted by atomic mass is 16.5. The molecule has 1 aromatic heterocycles. The Hall–Kier alpha value is -2.18. The highest BCUT2D eigenvalue weighted by Crippen LogP contribution is 2.38. The van der Waals surface area contributed by atoms with E-state index >= 15 is 0 Å². The van der Waals surface area contributed by atoms with Crippen molar-refractivity contribution in [1.29, 1.82) is 0 Å². The molecule has 7 heteroatoms. The summed E-state index contributed by atoms with van der Waals surface area (Å²) in [6, 6.07) is 1.68. The first-order chi connectivity index (χ1) is 9.97. The first-order valence-electron chi connectivity index (χ1n) is 6.88. The van der Waals surface area contributed by atoms with Crippen molar-refractivity contribution in [2.24, 2.45) is 5.41 Å². The Kier molecular flexibility index (Phi) is 4.40. The molecular formula is C14H19N3O4. The number of aryl methyl sites for hydroxylation is 1. The number of carboxylic acids is 1. The molecule has 114 valence electrons. The zero-order valence-corrected chi connectivity index (χ0v) is 12.2. The lowest BCUT2D eigenvalue weighted by molar-refractivity contribution is -0.147. The summed E-state index contributed by atoms with van der Waals surface area (Å²) >= 11 is 0. The number of carbonyl (C=O) groups is 2. The maximum Gasteiger partial charge on any atom is 0.376 e. The molecule has 1 saturated carbocycles. The summed E-state index contributed by atoms with van der Waals surface area (Å²) in [5, 5.41) is 12.5. The van der Waals surface area contributed by atoms with Gasteiger partial charge in [0.25, 0.3) is 0 Å². The van der Waals surface area contributed by atoms with Gasteiger partial charge in [-0.2, -0.15) is 0 Å². The average Bonchev–Trinajstić information content (AvgIpc) is 2.94. The second kappa shape index (κ2) is 6.07. The summed E-state index contributed by atoms with van der Waals surface area (Å²) in [7, 11) is 1.26. The van der Waals surface area contributed by atoms with Crippen LogP contribution in [0.25, 0.3) is 0 Å². The Balaban J connectivity index is 2.14. The van der Waals surface area contributed by atoms with E-state index in [1.54, 1.807) is 13.0 Å². The van der Waals surface area contributed by atoms with Crippen molar-refractivity contribution in [3.63, 3.8) is 0 Å². The van der Waals surface area contributed by atoms with Crippen LogP contribution in [0.15, 0.2) is 6.07 Å². The molecule has 0 bridgehead atoms. The Labute approximate surface area is 122 Å². The van der Waals surface area contributed by atoms with E-state index in [0.29, 0.717) is 30.9 Å². The second-order valence-electron chi connectivity index (χ2n) is 5.36. The van der Waals surface area contributed by atoms with Gasteiger partial charge in [0.05, 0.1) is 12.5 Å². The molecule has 1 aliphatic carbocycles. The van der Waals surface area contributed by atoms with Gasteiger partial charge in [-0.3, -0.25) is 4.79 Å². The van der Waals surface area contributed by atoms with Crippen LogP contribution >= 0.6 is 0 Å². The molecule has 0 unspecified atom stereocenters. The minimum Gasteiger partial charge on any atom is -0.481 e. The van der Waals surface area contributed by atoms with Gasteiger partial charge in [0, 0.05) is 18.3 Å².